The molecule has 0 fully saturated rings. The maximum absolute atomic E-state index is 10.5. The summed E-state index contributed by atoms with van der Waals surface area (Å²) in [6.45, 7) is 4.14. The summed E-state index contributed by atoms with van der Waals surface area (Å²) in [5.41, 5.74) is 2.79. The predicted molar refractivity (Wildman–Crippen MR) is 87.9 cm³/mol. The Labute approximate surface area is 128 Å². The fourth-order valence-corrected chi connectivity index (χ4v) is 3.10. The van der Waals surface area contributed by atoms with E-state index in [0.717, 1.165) is 27.8 Å². The van der Waals surface area contributed by atoms with Crippen LogP contribution in [0.2, 0.25) is 0 Å². The minimum absolute atomic E-state index is 0.593. The molecule has 0 aliphatic rings. The van der Waals surface area contributed by atoms with E-state index in [2.05, 4.69) is 6.92 Å². The number of hydrogen-bond donors (Lipinski definition) is 1. The topological polar surface area (TPSA) is 33.4 Å². The molecule has 3 aromatic rings. The van der Waals surface area contributed by atoms with Gasteiger partial charge in [-0.25, -0.2) is 0 Å². The third-order valence-corrected chi connectivity index (χ3v) is 4.43. The van der Waals surface area contributed by atoms with Gasteiger partial charge in [0.2, 0.25) is 0 Å². The van der Waals surface area contributed by atoms with Gasteiger partial charge in [-0.05, 0) is 42.0 Å². The number of aliphatic hydroxyl groups is 1. The van der Waals surface area contributed by atoms with E-state index in [-0.39, 0.29) is 0 Å². The lowest BCUT2D eigenvalue weighted by atomic mass is 10.1. The molecule has 0 radical (unpaired) electrons. The third kappa shape index (κ3) is 2.85. The highest BCUT2D eigenvalue weighted by molar-refractivity contribution is 7.99. The maximum Gasteiger partial charge on any atom is 0.138 e. The largest absolute Gasteiger partial charge is 0.458 e. The Bertz CT molecular complexity index is 744. The molecule has 0 spiro atoms. The molecule has 0 saturated carbocycles. The fourth-order valence-electron chi connectivity index (χ4n) is 2.44. The Hall–Kier alpha value is -1.71. The van der Waals surface area contributed by atoms with E-state index in [4.69, 9.17) is 4.42 Å². The predicted octanol–water partition coefficient (Wildman–Crippen LogP) is 4.93. The zero-order valence-electron chi connectivity index (χ0n) is 12.2. The highest BCUT2D eigenvalue weighted by atomic mass is 32.2. The van der Waals surface area contributed by atoms with Crippen LogP contribution in [0.15, 0.2) is 57.8 Å². The van der Waals surface area contributed by atoms with E-state index >= 15 is 0 Å². The molecule has 2 aromatic carbocycles. The van der Waals surface area contributed by atoms with Crippen molar-refractivity contribution < 1.29 is 9.52 Å². The van der Waals surface area contributed by atoms with E-state index < -0.39 is 6.10 Å². The van der Waals surface area contributed by atoms with Gasteiger partial charge in [-0.2, -0.15) is 0 Å². The monoisotopic (exact) mass is 298 g/mol. The van der Waals surface area contributed by atoms with E-state index in [1.807, 2.05) is 55.5 Å². The van der Waals surface area contributed by atoms with Crippen molar-refractivity contribution in [2.24, 2.45) is 0 Å². The van der Waals surface area contributed by atoms with Crippen molar-refractivity contribution >= 4 is 22.7 Å². The number of hydrogen-bond acceptors (Lipinski definition) is 3. The number of thioether (sulfide) groups is 1. The van der Waals surface area contributed by atoms with Crippen molar-refractivity contribution in [1.82, 2.24) is 0 Å². The van der Waals surface area contributed by atoms with E-state index in [1.165, 1.54) is 4.90 Å². The van der Waals surface area contributed by atoms with Gasteiger partial charge in [0.15, 0.2) is 0 Å². The SMILES string of the molecule is CCSc1ccc(C(O)c2cc3cccc(C)c3o2)cc1. The molecular weight excluding hydrogens is 280 g/mol. The molecule has 0 aliphatic heterocycles. The summed E-state index contributed by atoms with van der Waals surface area (Å²) < 4.78 is 5.84. The molecule has 1 unspecified atom stereocenters. The zero-order valence-corrected chi connectivity index (χ0v) is 13.0. The number of furan rings is 1. The van der Waals surface area contributed by atoms with Crippen molar-refractivity contribution in [2.45, 2.75) is 24.8 Å². The molecule has 0 aliphatic carbocycles. The molecule has 1 aromatic heterocycles. The highest BCUT2D eigenvalue weighted by Gasteiger charge is 2.16. The van der Waals surface area contributed by atoms with Crippen LogP contribution in [0.4, 0.5) is 0 Å². The second kappa shape index (κ2) is 5.96. The fraction of sp³-hybridized carbons (Fsp3) is 0.222. The van der Waals surface area contributed by atoms with Gasteiger partial charge >= 0.3 is 0 Å². The summed E-state index contributed by atoms with van der Waals surface area (Å²) in [7, 11) is 0. The molecule has 21 heavy (non-hydrogen) atoms. The van der Waals surface area contributed by atoms with Crippen LogP contribution in [0.5, 0.6) is 0 Å². The van der Waals surface area contributed by atoms with Crippen molar-refractivity contribution in [2.75, 3.05) is 5.75 Å². The normalized spacial score (nSPS) is 12.7. The summed E-state index contributed by atoms with van der Waals surface area (Å²) in [4.78, 5) is 1.22. The minimum atomic E-state index is -0.725. The van der Waals surface area contributed by atoms with Crippen molar-refractivity contribution in [1.29, 1.82) is 0 Å². The lowest BCUT2D eigenvalue weighted by Crippen LogP contribution is -1.97. The summed E-state index contributed by atoms with van der Waals surface area (Å²) >= 11 is 1.79. The van der Waals surface area contributed by atoms with Crippen LogP contribution in [-0.4, -0.2) is 10.9 Å². The molecule has 0 saturated heterocycles. The van der Waals surface area contributed by atoms with Crippen molar-refractivity contribution in [3.8, 4) is 0 Å². The molecule has 0 bridgehead atoms. The number of fused-ring (bicyclic) bond motifs is 1. The van der Waals surface area contributed by atoms with Gasteiger partial charge in [0.25, 0.3) is 0 Å². The Balaban J connectivity index is 1.92. The summed E-state index contributed by atoms with van der Waals surface area (Å²) in [6.07, 6.45) is -0.725. The summed E-state index contributed by atoms with van der Waals surface area (Å²) in [5.74, 6) is 1.64. The second-order valence-corrected chi connectivity index (χ2v) is 6.38. The van der Waals surface area contributed by atoms with Gasteiger partial charge in [-0.3, -0.25) is 0 Å². The van der Waals surface area contributed by atoms with Gasteiger partial charge in [-0.15, -0.1) is 11.8 Å². The van der Waals surface area contributed by atoms with Gasteiger partial charge in [-0.1, -0.05) is 37.3 Å². The molecule has 1 heterocycles. The Kier molecular flexibility index (Phi) is 4.04. The molecular formula is C18H18O2S. The molecule has 2 nitrogen and oxygen atoms in total. The first kappa shape index (κ1) is 14.2. The first-order chi connectivity index (χ1) is 10.2. The Morgan fingerprint density at radius 2 is 1.90 bits per heavy atom. The van der Waals surface area contributed by atoms with Gasteiger partial charge in [0, 0.05) is 10.3 Å². The number of aryl methyl sites for hydroxylation is 1. The number of benzene rings is 2. The van der Waals surface area contributed by atoms with Crippen LogP contribution in [-0.2, 0) is 0 Å². The standard InChI is InChI=1S/C18H18O2S/c1-3-21-15-9-7-13(8-10-15)17(19)16-11-14-6-4-5-12(2)18(14)20-16/h4-11,17,19H,3H2,1-2H3. The first-order valence-corrected chi connectivity index (χ1v) is 8.07. The van der Waals surface area contributed by atoms with Crippen LogP contribution in [0.25, 0.3) is 11.0 Å². The quantitative estimate of drug-likeness (QED) is 0.693. The maximum atomic E-state index is 10.5. The molecule has 108 valence electrons. The molecule has 1 N–H and O–H groups in total. The van der Waals surface area contributed by atoms with Gasteiger partial charge in [0.1, 0.15) is 17.4 Å². The van der Waals surface area contributed by atoms with Gasteiger partial charge < -0.3 is 9.52 Å². The molecule has 0 amide bonds. The average Bonchev–Trinajstić information content (AvgIpc) is 2.93. The van der Waals surface area contributed by atoms with Crippen LogP contribution in [0.1, 0.15) is 29.9 Å². The van der Waals surface area contributed by atoms with E-state index in [9.17, 15) is 5.11 Å². The molecule has 3 heteroatoms. The third-order valence-electron chi connectivity index (χ3n) is 3.54. The van der Waals surface area contributed by atoms with Crippen molar-refractivity contribution in [3.63, 3.8) is 0 Å². The smallest absolute Gasteiger partial charge is 0.138 e. The number of rotatable bonds is 4. The summed E-state index contributed by atoms with van der Waals surface area (Å²) in [5, 5.41) is 11.5. The van der Waals surface area contributed by atoms with Crippen LogP contribution >= 0.6 is 11.8 Å². The first-order valence-electron chi connectivity index (χ1n) is 7.09. The average molecular weight is 298 g/mol. The van der Waals surface area contributed by atoms with E-state index in [0.29, 0.717) is 5.76 Å². The minimum Gasteiger partial charge on any atom is -0.458 e. The van der Waals surface area contributed by atoms with Crippen LogP contribution in [0.3, 0.4) is 0 Å². The van der Waals surface area contributed by atoms with Crippen LogP contribution < -0.4 is 0 Å². The zero-order chi connectivity index (χ0) is 14.8. The lowest BCUT2D eigenvalue weighted by Gasteiger charge is -2.08. The summed E-state index contributed by atoms with van der Waals surface area (Å²) in [6, 6.07) is 15.9. The Morgan fingerprint density at radius 3 is 2.57 bits per heavy atom. The number of para-hydroxylation sites is 1. The molecule has 3 rings (SSSR count). The Morgan fingerprint density at radius 1 is 1.14 bits per heavy atom. The highest BCUT2D eigenvalue weighted by Crippen LogP contribution is 2.30. The van der Waals surface area contributed by atoms with Crippen LogP contribution in [0, 0.1) is 6.92 Å². The van der Waals surface area contributed by atoms with Gasteiger partial charge in [0.05, 0.1) is 0 Å². The second-order valence-electron chi connectivity index (χ2n) is 5.05. The number of aliphatic hydroxyl groups excluding tert-OH is 1. The van der Waals surface area contributed by atoms with E-state index in [1.54, 1.807) is 11.8 Å². The molecule has 1 atom stereocenters. The lowest BCUT2D eigenvalue weighted by molar-refractivity contribution is 0.192. The van der Waals surface area contributed by atoms with Crippen molar-refractivity contribution in [3.05, 3.63) is 65.4 Å².